The lowest BCUT2D eigenvalue weighted by Crippen LogP contribution is -2.46. The molecule has 0 atom stereocenters. The van der Waals surface area contributed by atoms with Crippen molar-refractivity contribution in [2.45, 2.75) is 6.54 Å². The molecule has 0 bridgehead atoms. The highest BCUT2D eigenvalue weighted by Gasteiger charge is 2.20. The summed E-state index contributed by atoms with van der Waals surface area (Å²) in [4.78, 5) is 18.0. The van der Waals surface area contributed by atoms with Gasteiger partial charge in [0.05, 0.1) is 7.11 Å². The Labute approximate surface area is 176 Å². The maximum absolute atomic E-state index is 13.4. The Balaban J connectivity index is 1.85. The third kappa shape index (κ3) is 3.82. The molecule has 0 unspecified atom stereocenters. The lowest BCUT2D eigenvalue weighted by molar-refractivity contribution is 0.149. The Morgan fingerprint density at radius 1 is 1.00 bits per heavy atom. The van der Waals surface area contributed by atoms with Crippen molar-refractivity contribution in [3.63, 3.8) is 0 Å². The number of aromatic nitrogens is 1. The number of pyridine rings is 1. The second-order valence-electron chi connectivity index (χ2n) is 7.71. The number of rotatable bonds is 5. The summed E-state index contributed by atoms with van der Waals surface area (Å²) in [6.07, 6.45) is 0. The van der Waals surface area contributed by atoms with E-state index in [4.69, 9.17) is 4.74 Å². The summed E-state index contributed by atoms with van der Waals surface area (Å²) < 4.78 is 7.04. The number of nitriles is 1. The number of fused-ring (bicyclic) bond motifs is 1. The molecule has 1 aliphatic rings. The highest BCUT2D eigenvalue weighted by molar-refractivity contribution is 5.99. The van der Waals surface area contributed by atoms with Crippen LogP contribution in [0.2, 0.25) is 0 Å². The molecule has 0 spiro atoms. The van der Waals surface area contributed by atoms with Crippen molar-refractivity contribution in [1.29, 1.82) is 5.26 Å². The van der Waals surface area contributed by atoms with Crippen molar-refractivity contribution >= 4 is 10.8 Å². The zero-order valence-corrected chi connectivity index (χ0v) is 17.5. The van der Waals surface area contributed by atoms with Crippen LogP contribution in [0, 0.1) is 11.3 Å². The predicted molar refractivity (Wildman–Crippen MR) is 119 cm³/mol. The first-order valence-electron chi connectivity index (χ1n) is 10.2. The molecule has 2 heterocycles. The smallest absolute Gasteiger partial charge is 0.259 e. The van der Waals surface area contributed by atoms with Crippen molar-refractivity contribution in [1.82, 2.24) is 14.4 Å². The summed E-state index contributed by atoms with van der Waals surface area (Å²) in [7, 11) is 3.73. The molecule has 0 N–H and O–H groups in total. The van der Waals surface area contributed by atoms with Crippen LogP contribution in [-0.2, 0) is 6.54 Å². The third-order valence-corrected chi connectivity index (χ3v) is 5.88. The molecule has 1 aromatic heterocycles. The summed E-state index contributed by atoms with van der Waals surface area (Å²) in [6, 6.07) is 17.6. The molecule has 2 aromatic carbocycles. The van der Waals surface area contributed by atoms with Gasteiger partial charge in [0, 0.05) is 55.6 Å². The van der Waals surface area contributed by atoms with E-state index < -0.39 is 0 Å². The SMILES string of the molecule is COc1ccc2c(=O)n(CCN3CCN(C)CC3)c(C#N)c(-c3ccccc3)c2c1. The molecular weight excluding hydrogens is 376 g/mol. The van der Waals surface area contributed by atoms with Gasteiger partial charge in [-0.15, -0.1) is 0 Å². The quantitative estimate of drug-likeness (QED) is 0.657. The zero-order valence-electron chi connectivity index (χ0n) is 17.5. The monoisotopic (exact) mass is 402 g/mol. The molecule has 0 aliphatic carbocycles. The molecular formula is C24H26N4O2. The van der Waals surface area contributed by atoms with Crippen molar-refractivity contribution in [3.8, 4) is 22.9 Å². The van der Waals surface area contributed by atoms with Crippen LogP contribution in [-0.4, -0.2) is 61.2 Å². The second-order valence-corrected chi connectivity index (χ2v) is 7.71. The van der Waals surface area contributed by atoms with Gasteiger partial charge in [0.2, 0.25) is 0 Å². The van der Waals surface area contributed by atoms with Crippen LogP contribution in [0.1, 0.15) is 5.69 Å². The van der Waals surface area contributed by atoms with E-state index >= 15 is 0 Å². The van der Waals surface area contributed by atoms with Crippen LogP contribution in [0.4, 0.5) is 0 Å². The van der Waals surface area contributed by atoms with E-state index in [1.54, 1.807) is 23.8 Å². The Bertz CT molecular complexity index is 1140. The maximum Gasteiger partial charge on any atom is 0.259 e. The molecule has 0 saturated carbocycles. The number of likely N-dealkylation sites (N-methyl/N-ethyl adjacent to an activating group) is 1. The van der Waals surface area contributed by atoms with E-state index in [0.29, 0.717) is 23.4 Å². The van der Waals surface area contributed by atoms with Crippen molar-refractivity contribution in [2.75, 3.05) is 46.9 Å². The molecule has 1 fully saturated rings. The molecule has 154 valence electrons. The highest BCUT2D eigenvalue weighted by atomic mass is 16.5. The first kappa shape index (κ1) is 20.1. The fourth-order valence-corrected chi connectivity index (χ4v) is 4.09. The number of nitrogens with zero attached hydrogens (tertiary/aromatic N) is 4. The average molecular weight is 402 g/mol. The summed E-state index contributed by atoms with van der Waals surface area (Å²) >= 11 is 0. The van der Waals surface area contributed by atoms with Crippen molar-refractivity contribution < 1.29 is 4.74 Å². The highest BCUT2D eigenvalue weighted by Crippen LogP contribution is 2.32. The average Bonchev–Trinajstić information content (AvgIpc) is 2.79. The minimum atomic E-state index is -0.127. The Kier molecular flexibility index (Phi) is 5.84. The molecule has 3 aromatic rings. The third-order valence-electron chi connectivity index (χ3n) is 5.88. The number of methoxy groups -OCH3 is 1. The van der Waals surface area contributed by atoms with Gasteiger partial charge in [-0.3, -0.25) is 14.3 Å². The Morgan fingerprint density at radius 3 is 2.40 bits per heavy atom. The lowest BCUT2D eigenvalue weighted by Gasteiger charge is -2.32. The van der Waals surface area contributed by atoms with Crippen molar-refractivity contribution in [2.24, 2.45) is 0 Å². The van der Waals surface area contributed by atoms with Crippen LogP contribution >= 0.6 is 0 Å². The van der Waals surface area contributed by atoms with Crippen LogP contribution in [0.25, 0.3) is 21.9 Å². The standard InChI is InChI=1S/C24H26N4O2/c1-26-10-12-27(13-11-26)14-15-28-22(17-25)23(18-6-4-3-5-7-18)21-16-19(30-2)8-9-20(21)24(28)29/h3-9,16H,10-15H2,1-2H3. The number of hydrogen-bond donors (Lipinski definition) is 0. The van der Waals surface area contributed by atoms with Gasteiger partial charge in [-0.2, -0.15) is 5.26 Å². The van der Waals surface area contributed by atoms with Gasteiger partial charge in [0.25, 0.3) is 5.56 Å². The number of ether oxygens (including phenoxy) is 1. The topological polar surface area (TPSA) is 61.5 Å². The number of hydrogen-bond acceptors (Lipinski definition) is 5. The van der Waals surface area contributed by atoms with Crippen molar-refractivity contribution in [3.05, 3.63) is 64.6 Å². The molecule has 1 aliphatic heterocycles. The fraction of sp³-hybridized carbons (Fsp3) is 0.333. The zero-order chi connectivity index (χ0) is 21.1. The number of benzene rings is 2. The molecule has 1 saturated heterocycles. The lowest BCUT2D eigenvalue weighted by atomic mass is 9.97. The minimum Gasteiger partial charge on any atom is -0.497 e. The maximum atomic E-state index is 13.4. The van der Waals surface area contributed by atoms with E-state index in [1.807, 2.05) is 36.4 Å². The second kappa shape index (κ2) is 8.70. The van der Waals surface area contributed by atoms with Gasteiger partial charge < -0.3 is 9.64 Å². The molecule has 6 heteroatoms. The summed E-state index contributed by atoms with van der Waals surface area (Å²) in [5.74, 6) is 0.665. The molecule has 6 nitrogen and oxygen atoms in total. The van der Waals surface area contributed by atoms with Crippen LogP contribution < -0.4 is 10.3 Å². The first-order chi connectivity index (χ1) is 14.6. The number of piperazine rings is 1. The Morgan fingerprint density at radius 2 is 1.73 bits per heavy atom. The van der Waals surface area contributed by atoms with Gasteiger partial charge in [-0.25, -0.2) is 0 Å². The fourth-order valence-electron chi connectivity index (χ4n) is 4.09. The summed E-state index contributed by atoms with van der Waals surface area (Å²) in [5.41, 5.74) is 1.98. The molecule has 0 radical (unpaired) electrons. The first-order valence-corrected chi connectivity index (χ1v) is 10.2. The van der Waals surface area contributed by atoms with Gasteiger partial charge in [0.15, 0.2) is 0 Å². The van der Waals surface area contributed by atoms with Crippen LogP contribution in [0.15, 0.2) is 53.3 Å². The van der Waals surface area contributed by atoms with Crippen LogP contribution in [0.3, 0.4) is 0 Å². The molecule has 30 heavy (non-hydrogen) atoms. The van der Waals surface area contributed by atoms with E-state index in [0.717, 1.165) is 49.2 Å². The van der Waals surface area contributed by atoms with Gasteiger partial charge >= 0.3 is 0 Å². The normalized spacial score (nSPS) is 15.2. The van der Waals surface area contributed by atoms with Gasteiger partial charge in [-0.1, -0.05) is 30.3 Å². The molecule has 0 amide bonds. The molecule has 4 rings (SSSR count). The van der Waals surface area contributed by atoms with E-state index in [1.165, 1.54) is 0 Å². The van der Waals surface area contributed by atoms with E-state index in [-0.39, 0.29) is 5.56 Å². The minimum absolute atomic E-state index is 0.127. The van der Waals surface area contributed by atoms with Gasteiger partial charge in [-0.05, 0) is 30.8 Å². The summed E-state index contributed by atoms with van der Waals surface area (Å²) in [6.45, 7) is 5.23. The van der Waals surface area contributed by atoms with E-state index in [9.17, 15) is 10.1 Å². The summed E-state index contributed by atoms with van der Waals surface area (Å²) in [5, 5.41) is 11.4. The van der Waals surface area contributed by atoms with Crippen LogP contribution in [0.5, 0.6) is 5.75 Å². The Hall–Kier alpha value is -3.14. The largest absolute Gasteiger partial charge is 0.497 e. The van der Waals surface area contributed by atoms with E-state index in [2.05, 4.69) is 22.9 Å². The predicted octanol–water partition coefficient (Wildman–Crippen LogP) is 2.80. The van der Waals surface area contributed by atoms with Gasteiger partial charge in [0.1, 0.15) is 17.5 Å².